The second kappa shape index (κ2) is 12.4. The Bertz CT molecular complexity index is 1190. The highest BCUT2D eigenvalue weighted by molar-refractivity contribution is 5.94. The molecule has 2 aromatic carbocycles. The molecule has 0 aliphatic rings. The number of nitrogens with one attached hydrogen (secondary N) is 1. The number of aliphatic carboxylic acids is 1. The Labute approximate surface area is 213 Å². The van der Waals surface area contributed by atoms with E-state index in [1.54, 1.807) is 41.1 Å². The molecule has 0 radical (unpaired) electrons. The van der Waals surface area contributed by atoms with E-state index in [4.69, 9.17) is 10.2 Å². The average molecular weight is 518 g/mol. The molecule has 0 aliphatic heterocycles. The Hall–Kier alpha value is -3.82. The second-order valence-corrected chi connectivity index (χ2v) is 8.82. The van der Waals surface area contributed by atoms with E-state index in [1.165, 1.54) is 12.1 Å². The van der Waals surface area contributed by atoms with Crippen molar-refractivity contribution in [3.8, 4) is 17.0 Å². The van der Waals surface area contributed by atoms with Crippen molar-refractivity contribution in [3.05, 3.63) is 71.4 Å². The molecule has 1 unspecified atom stereocenters. The zero-order valence-electron chi connectivity index (χ0n) is 20.7. The fourth-order valence-electron chi connectivity index (χ4n) is 3.84. The van der Waals surface area contributed by atoms with E-state index in [9.17, 15) is 22.8 Å². The largest absolute Gasteiger partial charge is 0.573 e. The number of nitrogens with zero attached hydrogens (tertiary/aromatic N) is 2. The fraction of sp³-hybridized carbons (Fsp3) is 0.370. The molecule has 2 N–H and O–H groups in total. The molecule has 1 amide bonds. The van der Waals surface area contributed by atoms with Crippen molar-refractivity contribution in [1.82, 2.24) is 15.1 Å². The maximum atomic E-state index is 12.6. The summed E-state index contributed by atoms with van der Waals surface area (Å²) in [6.45, 7) is 4.65. The van der Waals surface area contributed by atoms with Crippen molar-refractivity contribution >= 4 is 11.9 Å². The number of ether oxygens (including phenoxy) is 1. The first-order chi connectivity index (χ1) is 17.6. The quantitative estimate of drug-likeness (QED) is 0.308. The number of rotatable bonds is 12. The Kier molecular flexibility index (Phi) is 9.32. The number of benzene rings is 2. The molecule has 0 saturated heterocycles. The van der Waals surface area contributed by atoms with Crippen LogP contribution in [-0.2, 0) is 11.3 Å². The molecular formula is C27H30F3N3O4. The summed E-state index contributed by atoms with van der Waals surface area (Å²) in [5, 5.41) is 16.1. The van der Waals surface area contributed by atoms with Crippen LogP contribution in [0.2, 0.25) is 0 Å². The lowest BCUT2D eigenvalue weighted by molar-refractivity contribution is -0.274. The first-order valence-corrected chi connectivity index (χ1v) is 12.1. The third kappa shape index (κ3) is 8.37. The topological polar surface area (TPSA) is 93.5 Å². The fourth-order valence-corrected chi connectivity index (χ4v) is 3.84. The average Bonchev–Trinajstić information content (AvgIpc) is 3.26. The van der Waals surface area contributed by atoms with Gasteiger partial charge >= 0.3 is 12.3 Å². The van der Waals surface area contributed by atoms with Gasteiger partial charge in [0.25, 0.3) is 5.91 Å². The van der Waals surface area contributed by atoms with Gasteiger partial charge in [-0.05, 0) is 54.4 Å². The summed E-state index contributed by atoms with van der Waals surface area (Å²) in [4.78, 5) is 22.8. The number of hydrogen-bond donors (Lipinski definition) is 2. The molecule has 3 rings (SSSR count). The van der Waals surface area contributed by atoms with Gasteiger partial charge in [-0.25, -0.2) is 0 Å². The monoisotopic (exact) mass is 517 g/mol. The summed E-state index contributed by atoms with van der Waals surface area (Å²) in [6, 6.07) is 14.5. The maximum Gasteiger partial charge on any atom is 0.573 e. The molecule has 1 atom stereocenters. The third-order valence-corrected chi connectivity index (χ3v) is 5.85. The highest BCUT2D eigenvalue weighted by atomic mass is 19.4. The van der Waals surface area contributed by atoms with Crippen molar-refractivity contribution in [2.75, 3.05) is 6.54 Å². The Balaban J connectivity index is 1.82. The molecule has 0 fully saturated rings. The number of aromatic nitrogens is 2. The van der Waals surface area contributed by atoms with E-state index in [0.717, 1.165) is 36.2 Å². The van der Waals surface area contributed by atoms with E-state index in [2.05, 4.69) is 23.9 Å². The minimum atomic E-state index is -4.76. The predicted octanol–water partition coefficient (Wildman–Crippen LogP) is 6.00. The minimum Gasteiger partial charge on any atom is -0.481 e. The normalized spacial score (nSPS) is 12.2. The van der Waals surface area contributed by atoms with Crippen molar-refractivity contribution in [2.45, 2.75) is 58.4 Å². The van der Waals surface area contributed by atoms with Crippen LogP contribution in [0.15, 0.2) is 54.6 Å². The molecule has 7 nitrogen and oxygen atoms in total. The van der Waals surface area contributed by atoms with Gasteiger partial charge in [0.15, 0.2) is 0 Å². The van der Waals surface area contributed by atoms with Gasteiger partial charge in [-0.3, -0.25) is 14.3 Å². The van der Waals surface area contributed by atoms with Crippen LogP contribution in [0.4, 0.5) is 13.2 Å². The first-order valence-electron chi connectivity index (χ1n) is 12.1. The number of unbranched alkanes of at least 4 members (excludes halogenated alkanes) is 1. The summed E-state index contributed by atoms with van der Waals surface area (Å²) in [7, 11) is 0. The van der Waals surface area contributed by atoms with Crippen LogP contribution in [0, 0.1) is 0 Å². The van der Waals surface area contributed by atoms with Crippen LogP contribution >= 0.6 is 0 Å². The third-order valence-electron chi connectivity index (χ3n) is 5.85. The van der Waals surface area contributed by atoms with E-state index in [0.29, 0.717) is 17.7 Å². The highest BCUT2D eigenvalue weighted by Gasteiger charge is 2.31. The lowest BCUT2D eigenvalue weighted by Gasteiger charge is -2.11. The van der Waals surface area contributed by atoms with Crippen LogP contribution in [0.5, 0.6) is 5.75 Å². The number of carboxylic acids is 1. The summed E-state index contributed by atoms with van der Waals surface area (Å²) in [5.41, 5.74) is 3.63. The zero-order chi connectivity index (χ0) is 27.0. The number of amides is 1. The van der Waals surface area contributed by atoms with Crippen LogP contribution < -0.4 is 10.1 Å². The molecule has 0 aliphatic carbocycles. The molecule has 0 spiro atoms. The standard InChI is InChI=1S/C27H30F3N3O4/c1-3-4-5-18(2)23-16-24(20-10-12-22(13-11-20)37-27(28,29)30)33(32-23)17-19-6-8-21(9-7-19)26(36)31-15-14-25(34)35/h6-13,16,18H,3-5,14-15,17H2,1-2H3,(H,31,36)(H,34,35). The minimum absolute atomic E-state index is 0.0400. The Morgan fingerprint density at radius 2 is 1.78 bits per heavy atom. The first kappa shape index (κ1) is 27.8. The number of carbonyl (C=O) groups is 2. The van der Waals surface area contributed by atoms with E-state index >= 15 is 0 Å². The van der Waals surface area contributed by atoms with E-state index in [1.807, 2.05) is 6.07 Å². The summed E-state index contributed by atoms with van der Waals surface area (Å²) in [6.07, 6.45) is -1.83. The van der Waals surface area contributed by atoms with Gasteiger partial charge in [0.05, 0.1) is 24.4 Å². The maximum absolute atomic E-state index is 12.6. The van der Waals surface area contributed by atoms with Crippen LogP contribution in [-0.4, -0.2) is 39.7 Å². The van der Waals surface area contributed by atoms with Crippen molar-refractivity contribution in [2.24, 2.45) is 0 Å². The van der Waals surface area contributed by atoms with Crippen LogP contribution in [0.1, 0.15) is 67.1 Å². The molecular weight excluding hydrogens is 487 g/mol. The Morgan fingerprint density at radius 3 is 2.38 bits per heavy atom. The van der Waals surface area contributed by atoms with E-state index < -0.39 is 12.3 Å². The summed E-state index contributed by atoms with van der Waals surface area (Å²) < 4.78 is 43.4. The number of hydrogen-bond acceptors (Lipinski definition) is 4. The molecule has 37 heavy (non-hydrogen) atoms. The second-order valence-electron chi connectivity index (χ2n) is 8.82. The lowest BCUT2D eigenvalue weighted by atomic mass is 10.00. The molecule has 1 aromatic heterocycles. The zero-order valence-corrected chi connectivity index (χ0v) is 20.7. The number of halogens is 3. The van der Waals surface area contributed by atoms with Gasteiger partial charge in [0, 0.05) is 23.6 Å². The Morgan fingerprint density at radius 1 is 1.11 bits per heavy atom. The van der Waals surface area contributed by atoms with Gasteiger partial charge in [0.1, 0.15) is 5.75 Å². The van der Waals surface area contributed by atoms with Gasteiger partial charge in [-0.2, -0.15) is 5.10 Å². The van der Waals surface area contributed by atoms with Crippen LogP contribution in [0.25, 0.3) is 11.3 Å². The van der Waals surface area contributed by atoms with Crippen molar-refractivity contribution in [1.29, 1.82) is 0 Å². The summed E-state index contributed by atoms with van der Waals surface area (Å²) in [5.74, 6) is -1.43. The van der Waals surface area contributed by atoms with Gasteiger partial charge in [-0.1, -0.05) is 38.8 Å². The SMILES string of the molecule is CCCCC(C)c1cc(-c2ccc(OC(F)(F)F)cc2)n(Cc2ccc(C(=O)NCCC(=O)O)cc2)n1. The van der Waals surface area contributed by atoms with Gasteiger partial charge in [0.2, 0.25) is 0 Å². The number of carboxylic acid groups (broad SMARTS) is 1. The lowest BCUT2D eigenvalue weighted by Crippen LogP contribution is -2.25. The van der Waals surface area contributed by atoms with Gasteiger partial charge < -0.3 is 15.2 Å². The molecule has 0 saturated carbocycles. The molecule has 1 heterocycles. The molecule has 0 bridgehead atoms. The van der Waals surface area contributed by atoms with Crippen LogP contribution in [0.3, 0.4) is 0 Å². The van der Waals surface area contributed by atoms with Gasteiger partial charge in [-0.15, -0.1) is 13.2 Å². The summed E-state index contributed by atoms with van der Waals surface area (Å²) >= 11 is 0. The smallest absolute Gasteiger partial charge is 0.481 e. The molecule has 198 valence electrons. The predicted molar refractivity (Wildman–Crippen MR) is 132 cm³/mol. The molecule has 3 aromatic rings. The highest BCUT2D eigenvalue weighted by Crippen LogP contribution is 2.30. The van der Waals surface area contributed by atoms with E-state index in [-0.39, 0.29) is 30.5 Å². The van der Waals surface area contributed by atoms with Crippen molar-refractivity contribution < 1.29 is 32.6 Å². The molecule has 10 heteroatoms. The number of alkyl halides is 3. The van der Waals surface area contributed by atoms with Crippen molar-refractivity contribution in [3.63, 3.8) is 0 Å². The number of carbonyl (C=O) groups excluding carboxylic acids is 1.